The van der Waals surface area contributed by atoms with E-state index in [1.54, 1.807) is 0 Å². The van der Waals surface area contributed by atoms with E-state index in [0.29, 0.717) is 0 Å². The molecule has 0 aliphatic heterocycles. The van der Waals surface area contributed by atoms with E-state index in [1.807, 2.05) is 0 Å². The molecule has 394 valence electrons. The second-order valence-corrected chi connectivity index (χ2v) is 27.3. The maximum Gasteiger partial charge on any atom is 0.0159 e. The van der Waals surface area contributed by atoms with Gasteiger partial charge in [0.15, 0.2) is 0 Å². The van der Waals surface area contributed by atoms with Gasteiger partial charge in [-0.3, -0.25) is 0 Å². The predicted molar refractivity (Wildman–Crippen MR) is 354 cm³/mol. The summed E-state index contributed by atoms with van der Waals surface area (Å²) in [7, 11) is 0. The zero-order chi connectivity index (χ0) is 55.9. The molecule has 16 rings (SSSR count). The van der Waals surface area contributed by atoms with Gasteiger partial charge in [0.25, 0.3) is 0 Å². The van der Waals surface area contributed by atoms with E-state index in [2.05, 4.69) is 288 Å². The van der Waals surface area contributed by atoms with E-state index in [9.17, 15) is 0 Å². The van der Waals surface area contributed by atoms with Crippen molar-refractivity contribution in [2.45, 2.75) is 90.9 Å². The van der Waals surface area contributed by atoms with Crippen LogP contribution in [0.5, 0.6) is 0 Å². The first-order chi connectivity index (χ1) is 39.4. The third-order valence-electron chi connectivity index (χ3n) is 19.7. The Hall–Kier alpha value is -8.84. The van der Waals surface area contributed by atoms with Crippen molar-refractivity contribution >= 4 is 64.6 Å². The normalized spacial score (nSPS) is 14.4. The Morgan fingerprint density at radius 2 is 0.561 bits per heavy atom. The maximum atomic E-state index is 2.49. The summed E-state index contributed by atoms with van der Waals surface area (Å²) in [4.78, 5) is 0. The van der Waals surface area contributed by atoms with Gasteiger partial charge in [-0.2, -0.15) is 0 Å². The highest BCUT2D eigenvalue weighted by Gasteiger charge is 2.38. The Kier molecular flexibility index (Phi) is 10.1. The fraction of sp³-hybridized carbons (Fsp3) is 0.171. The minimum absolute atomic E-state index is 0.0768. The molecule has 14 aromatic rings. The lowest BCUT2D eigenvalue weighted by molar-refractivity contribution is 0.591. The van der Waals surface area contributed by atoms with Gasteiger partial charge in [0.1, 0.15) is 0 Å². The quantitative estimate of drug-likeness (QED) is 0.151. The van der Waals surface area contributed by atoms with E-state index in [0.717, 1.165) is 0 Å². The number of benzene rings is 14. The fourth-order valence-electron chi connectivity index (χ4n) is 15.0. The molecule has 2 aliphatic carbocycles. The van der Waals surface area contributed by atoms with Crippen molar-refractivity contribution in [1.29, 1.82) is 0 Å². The summed E-state index contributed by atoms with van der Waals surface area (Å²) in [5.74, 6) is 0. The topological polar surface area (TPSA) is 0 Å². The zero-order valence-electron chi connectivity index (χ0n) is 48.8. The third kappa shape index (κ3) is 7.10. The lowest BCUT2D eigenvalue weighted by Gasteiger charge is -2.24. The summed E-state index contributed by atoms with van der Waals surface area (Å²) in [6, 6.07) is 84.8. The van der Waals surface area contributed by atoms with Gasteiger partial charge in [-0.05, 0) is 217 Å². The van der Waals surface area contributed by atoms with Crippen LogP contribution in [0, 0.1) is 0 Å². The molecule has 0 heteroatoms. The molecule has 0 heterocycles. The smallest absolute Gasteiger partial charge is 0.0159 e. The first kappa shape index (κ1) is 49.0. The van der Waals surface area contributed by atoms with Crippen LogP contribution in [0.3, 0.4) is 0 Å². The molecule has 0 atom stereocenters. The van der Waals surface area contributed by atoms with E-state index in [1.165, 1.54) is 176 Å². The van der Waals surface area contributed by atoms with Crippen LogP contribution in [0.4, 0.5) is 0 Å². The molecule has 82 heavy (non-hydrogen) atoms. The Bertz CT molecular complexity index is 5000. The lowest BCUT2D eigenvalue weighted by atomic mass is 9.79. The molecule has 0 fully saturated rings. The van der Waals surface area contributed by atoms with Crippen molar-refractivity contribution in [1.82, 2.24) is 0 Å². The first-order valence-corrected chi connectivity index (χ1v) is 29.6. The van der Waals surface area contributed by atoms with Crippen molar-refractivity contribution in [3.05, 3.63) is 252 Å². The van der Waals surface area contributed by atoms with E-state index < -0.39 is 0 Å². The maximum absolute atomic E-state index is 2.49. The highest BCUT2D eigenvalue weighted by atomic mass is 14.4. The summed E-state index contributed by atoms with van der Waals surface area (Å²) in [6.07, 6.45) is 0. The van der Waals surface area contributed by atoms with Crippen molar-refractivity contribution in [2.75, 3.05) is 0 Å². The standard InChI is InChI=1S/C82H66/c1-79(2,3)59-39-55-20-18-47-22-30-62(69-36-28-57(41-59)75(55)77(47)69)53-15-13-14-49(38-53)50-24-32-65-66-33-25-51(44-72(66)81(7,8)71(65)43-50)52-26-34-67-68-35-27-54(46-74(68)82(9,10)73(67)45-52)61-16-11-12-17-63(61)64-31-23-48-19-21-56-40-60(80(4,5)6)42-58-29-37-70(64)78(48)76(56)58/h11-46H,1-10H3. The number of hydrogen-bond acceptors (Lipinski definition) is 0. The molecule has 0 spiro atoms. The van der Waals surface area contributed by atoms with Gasteiger partial charge in [-0.15, -0.1) is 0 Å². The van der Waals surface area contributed by atoms with Gasteiger partial charge in [0.2, 0.25) is 0 Å². The number of rotatable bonds is 5. The molecule has 2 aliphatic rings. The molecule has 0 radical (unpaired) electrons. The van der Waals surface area contributed by atoms with Crippen molar-refractivity contribution in [3.63, 3.8) is 0 Å². The number of fused-ring (bicyclic) bond motifs is 6. The van der Waals surface area contributed by atoms with E-state index in [-0.39, 0.29) is 21.7 Å². The monoisotopic (exact) mass is 1050 g/mol. The Morgan fingerprint density at radius 3 is 1.02 bits per heavy atom. The van der Waals surface area contributed by atoms with Crippen LogP contribution in [-0.4, -0.2) is 0 Å². The number of hydrogen-bond donors (Lipinski definition) is 0. The summed E-state index contributed by atoms with van der Waals surface area (Å²) >= 11 is 0. The Morgan fingerprint density at radius 1 is 0.232 bits per heavy atom. The minimum Gasteiger partial charge on any atom is -0.0616 e. The molecule has 0 unspecified atom stereocenters. The van der Waals surface area contributed by atoms with Crippen molar-refractivity contribution in [3.8, 4) is 77.9 Å². The highest BCUT2D eigenvalue weighted by molar-refractivity contribution is 6.27. The van der Waals surface area contributed by atoms with Gasteiger partial charge < -0.3 is 0 Å². The van der Waals surface area contributed by atoms with Crippen molar-refractivity contribution in [2.24, 2.45) is 0 Å². The van der Waals surface area contributed by atoms with E-state index >= 15 is 0 Å². The summed E-state index contributed by atoms with van der Waals surface area (Å²) < 4.78 is 0. The molecular formula is C82H66. The predicted octanol–water partition coefficient (Wildman–Crippen LogP) is 23.0. The second kappa shape index (κ2) is 16.9. The average Bonchev–Trinajstić information content (AvgIpc) is 1.62. The molecule has 0 amide bonds. The lowest BCUT2D eigenvalue weighted by Crippen LogP contribution is -2.15. The van der Waals surface area contributed by atoms with E-state index in [4.69, 9.17) is 0 Å². The summed E-state index contributed by atoms with van der Waals surface area (Å²) in [5.41, 5.74) is 26.1. The summed E-state index contributed by atoms with van der Waals surface area (Å²) in [5, 5.41) is 15.9. The van der Waals surface area contributed by atoms with Gasteiger partial charge in [-0.25, -0.2) is 0 Å². The fourth-order valence-corrected chi connectivity index (χ4v) is 15.0. The van der Waals surface area contributed by atoms with Crippen LogP contribution < -0.4 is 0 Å². The van der Waals surface area contributed by atoms with Crippen LogP contribution in [0.25, 0.3) is 143 Å². The van der Waals surface area contributed by atoms with Crippen LogP contribution in [0.1, 0.15) is 103 Å². The molecular weight excluding hydrogens is 985 g/mol. The van der Waals surface area contributed by atoms with Gasteiger partial charge >= 0.3 is 0 Å². The van der Waals surface area contributed by atoms with Crippen LogP contribution >= 0.6 is 0 Å². The van der Waals surface area contributed by atoms with Crippen LogP contribution in [-0.2, 0) is 21.7 Å². The van der Waals surface area contributed by atoms with Gasteiger partial charge in [0.05, 0.1) is 0 Å². The Balaban J connectivity index is 0.707. The molecule has 0 saturated carbocycles. The first-order valence-electron chi connectivity index (χ1n) is 29.6. The molecule has 0 aromatic heterocycles. The largest absolute Gasteiger partial charge is 0.0616 e. The van der Waals surface area contributed by atoms with Gasteiger partial charge in [-0.1, -0.05) is 257 Å². The minimum atomic E-state index is -0.194. The molecule has 0 N–H and O–H groups in total. The molecule has 14 aromatic carbocycles. The third-order valence-corrected chi connectivity index (χ3v) is 19.7. The van der Waals surface area contributed by atoms with Gasteiger partial charge in [0, 0.05) is 10.8 Å². The van der Waals surface area contributed by atoms with Crippen LogP contribution in [0.2, 0.25) is 0 Å². The molecule has 0 saturated heterocycles. The Labute approximate surface area is 482 Å². The second-order valence-electron chi connectivity index (χ2n) is 27.3. The SMILES string of the molecule is CC(C)(C)c1cc2ccc3ccc(-c4cccc(-c5ccc6c(c5)C(C)(C)c5cc(-c7ccc8c(c7)C(C)(C)c7cc(-c9ccccc9-c9ccc%10ccc%11cc(C(C)(C)C)cc%12ccc9c%10c%11%12)ccc7-8)ccc5-6)c4)c4ccc(c1)c2c34. The summed E-state index contributed by atoms with van der Waals surface area (Å²) in [6.45, 7) is 23.5. The average molecular weight is 1050 g/mol. The zero-order valence-corrected chi connectivity index (χ0v) is 48.8. The van der Waals surface area contributed by atoms with Crippen LogP contribution in [0.15, 0.2) is 218 Å². The molecule has 0 bridgehead atoms. The highest BCUT2D eigenvalue weighted by Crippen LogP contribution is 2.54. The molecule has 0 nitrogen and oxygen atoms in total. The van der Waals surface area contributed by atoms with Crippen molar-refractivity contribution < 1.29 is 0 Å².